The van der Waals surface area contributed by atoms with Gasteiger partial charge in [-0.3, -0.25) is 0 Å². The molecule has 0 aliphatic carbocycles. The number of nitrogens with zero attached hydrogens (tertiary/aromatic N) is 2. The van der Waals surface area contributed by atoms with Crippen molar-refractivity contribution in [1.29, 1.82) is 0 Å². The minimum Gasteiger partial charge on any atom is -0.359 e. The highest BCUT2D eigenvalue weighted by molar-refractivity contribution is 7.22. The Kier molecular flexibility index (Phi) is 3.21. The molecular formula is C15H22N4S. The molecule has 1 aliphatic heterocycles. The Morgan fingerprint density at radius 1 is 1.25 bits per heavy atom. The molecule has 1 saturated heterocycles. The van der Waals surface area contributed by atoms with E-state index in [9.17, 15) is 0 Å². The van der Waals surface area contributed by atoms with Gasteiger partial charge in [0, 0.05) is 23.3 Å². The number of pyridine rings is 1. The van der Waals surface area contributed by atoms with Crippen LogP contribution < -0.4 is 10.6 Å². The van der Waals surface area contributed by atoms with Crippen molar-refractivity contribution in [3.8, 4) is 0 Å². The number of piperidine rings is 1. The van der Waals surface area contributed by atoms with Gasteiger partial charge in [0.15, 0.2) is 10.8 Å². The summed E-state index contributed by atoms with van der Waals surface area (Å²) >= 11 is 1.69. The largest absolute Gasteiger partial charge is 0.359 e. The quantitative estimate of drug-likeness (QED) is 0.890. The Hall–Kier alpha value is -1.20. The van der Waals surface area contributed by atoms with Crippen LogP contribution in [0.4, 0.5) is 5.13 Å². The van der Waals surface area contributed by atoms with Crippen molar-refractivity contribution < 1.29 is 0 Å². The molecule has 1 fully saturated rings. The summed E-state index contributed by atoms with van der Waals surface area (Å²) in [7, 11) is 0. The van der Waals surface area contributed by atoms with Gasteiger partial charge in [-0.15, -0.1) is 0 Å². The molecule has 20 heavy (non-hydrogen) atoms. The molecule has 0 radical (unpaired) electrons. The van der Waals surface area contributed by atoms with Crippen molar-refractivity contribution >= 4 is 26.8 Å². The fraction of sp³-hybridized carbons (Fsp3) is 0.600. The summed E-state index contributed by atoms with van der Waals surface area (Å²) in [6.07, 6.45) is 3.99. The van der Waals surface area contributed by atoms with E-state index < -0.39 is 0 Å². The highest BCUT2D eigenvalue weighted by Gasteiger charge is 2.37. The van der Waals surface area contributed by atoms with Crippen LogP contribution >= 0.6 is 11.3 Å². The molecule has 2 N–H and O–H groups in total. The maximum absolute atomic E-state index is 4.58. The maximum Gasteiger partial charge on any atom is 0.185 e. The minimum atomic E-state index is 0.147. The Labute approximate surface area is 124 Å². The predicted molar refractivity (Wildman–Crippen MR) is 85.4 cm³/mol. The van der Waals surface area contributed by atoms with Crippen LogP contribution in [0, 0.1) is 0 Å². The summed E-state index contributed by atoms with van der Waals surface area (Å²) in [5.74, 6) is 0. The number of thiazole rings is 1. The number of anilines is 1. The average molecular weight is 290 g/mol. The zero-order valence-corrected chi connectivity index (χ0v) is 13.3. The van der Waals surface area contributed by atoms with E-state index in [0.29, 0.717) is 6.04 Å². The fourth-order valence-corrected chi connectivity index (χ4v) is 4.33. The molecule has 0 atom stereocenters. The van der Waals surface area contributed by atoms with Gasteiger partial charge in [0.1, 0.15) is 0 Å². The van der Waals surface area contributed by atoms with Gasteiger partial charge in [-0.1, -0.05) is 11.3 Å². The van der Waals surface area contributed by atoms with Gasteiger partial charge in [-0.2, -0.15) is 0 Å². The first-order valence-corrected chi connectivity index (χ1v) is 7.92. The van der Waals surface area contributed by atoms with Crippen LogP contribution in [0.2, 0.25) is 0 Å². The Bertz CT molecular complexity index is 568. The topological polar surface area (TPSA) is 49.8 Å². The van der Waals surface area contributed by atoms with Gasteiger partial charge in [-0.25, -0.2) is 9.97 Å². The normalized spacial score (nSPS) is 22.0. The molecule has 108 valence electrons. The summed E-state index contributed by atoms with van der Waals surface area (Å²) in [5, 5.41) is 8.30. The first kappa shape index (κ1) is 13.8. The van der Waals surface area contributed by atoms with Crippen molar-refractivity contribution in [2.75, 3.05) is 5.32 Å². The molecule has 0 unspecified atom stereocenters. The second-order valence-corrected chi connectivity index (χ2v) is 8.02. The number of nitrogens with one attached hydrogen (secondary N) is 2. The SMILES string of the molecule is CC1(C)CC(Nc2nc3ncccc3s2)CC(C)(C)N1. The molecule has 1 aliphatic rings. The molecule has 0 spiro atoms. The highest BCUT2D eigenvalue weighted by atomic mass is 32.1. The highest BCUT2D eigenvalue weighted by Crippen LogP contribution is 2.32. The van der Waals surface area contributed by atoms with E-state index in [-0.39, 0.29) is 11.1 Å². The zero-order valence-electron chi connectivity index (χ0n) is 12.5. The molecule has 2 aromatic rings. The lowest BCUT2D eigenvalue weighted by Gasteiger charge is -2.46. The molecule has 0 saturated carbocycles. The third-order valence-electron chi connectivity index (χ3n) is 3.68. The van der Waals surface area contributed by atoms with Crippen LogP contribution in [0.3, 0.4) is 0 Å². The Morgan fingerprint density at radius 2 is 1.95 bits per heavy atom. The van der Waals surface area contributed by atoms with Crippen LogP contribution in [0.25, 0.3) is 10.3 Å². The smallest absolute Gasteiger partial charge is 0.185 e. The number of fused-ring (bicyclic) bond motifs is 1. The summed E-state index contributed by atoms with van der Waals surface area (Å²) in [6, 6.07) is 4.48. The molecule has 4 nitrogen and oxygen atoms in total. The number of rotatable bonds is 2. The Balaban J connectivity index is 1.79. The number of hydrogen-bond donors (Lipinski definition) is 2. The molecule has 3 heterocycles. The summed E-state index contributed by atoms with van der Waals surface area (Å²) in [6.45, 7) is 9.07. The van der Waals surface area contributed by atoms with Crippen molar-refractivity contribution in [3.63, 3.8) is 0 Å². The fourth-order valence-electron chi connectivity index (χ4n) is 3.43. The summed E-state index contributed by atoms with van der Waals surface area (Å²) < 4.78 is 1.14. The monoisotopic (exact) mass is 290 g/mol. The van der Waals surface area contributed by atoms with Gasteiger partial charge in [0.25, 0.3) is 0 Å². The maximum atomic E-state index is 4.58. The van der Waals surface area contributed by atoms with Crippen LogP contribution in [-0.4, -0.2) is 27.1 Å². The predicted octanol–water partition coefficient (Wildman–Crippen LogP) is 3.41. The van der Waals surface area contributed by atoms with E-state index in [1.807, 2.05) is 6.07 Å². The van der Waals surface area contributed by atoms with Gasteiger partial charge < -0.3 is 10.6 Å². The molecule has 0 amide bonds. The second kappa shape index (κ2) is 4.67. The minimum absolute atomic E-state index is 0.147. The van der Waals surface area contributed by atoms with E-state index in [1.54, 1.807) is 17.5 Å². The third kappa shape index (κ3) is 2.94. The molecule has 3 rings (SSSR count). The van der Waals surface area contributed by atoms with E-state index in [4.69, 9.17) is 0 Å². The number of aromatic nitrogens is 2. The van der Waals surface area contributed by atoms with Crippen molar-refractivity contribution in [2.24, 2.45) is 0 Å². The lowest BCUT2D eigenvalue weighted by atomic mass is 9.80. The Morgan fingerprint density at radius 3 is 2.60 bits per heavy atom. The van der Waals surface area contributed by atoms with Gasteiger partial charge >= 0.3 is 0 Å². The van der Waals surface area contributed by atoms with Crippen LogP contribution in [-0.2, 0) is 0 Å². The molecule has 0 bridgehead atoms. The molecule has 2 aromatic heterocycles. The number of hydrogen-bond acceptors (Lipinski definition) is 5. The van der Waals surface area contributed by atoms with Gasteiger partial charge in [-0.05, 0) is 52.7 Å². The molecular weight excluding hydrogens is 268 g/mol. The van der Waals surface area contributed by atoms with Gasteiger partial charge in [0.2, 0.25) is 0 Å². The van der Waals surface area contributed by atoms with E-state index in [2.05, 4.69) is 54.4 Å². The lowest BCUT2D eigenvalue weighted by molar-refractivity contribution is 0.170. The second-order valence-electron chi connectivity index (χ2n) is 6.99. The van der Waals surface area contributed by atoms with Crippen LogP contribution in [0.1, 0.15) is 40.5 Å². The molecule has 5 heteroatoms. The van der Waals surface area contributed by atoms with E-state index in [0.717, 1.165) is 28.3 Å². The average Bonchev–Trinajstić information content (AvgIpc) is 2.66. The first-order valence-electron chi connectivity index (χ1n) is 7.10. The van der Waals surface area contributed by atoms with Crippen LogP contribution in [0.5, 0.6) is 0 Å². The summed E-state index contributed by atoms with van der Waals surface area (Å²) in [5.41, 5.74) is 1.13. The summed E-state index contributed by atoms with van der Waals surface area (Å²) in [4.78, 5) is 8.88. The van der Waals surface area contributed by atoms with E-state index >= 15 is 0 Å². The molecule has 0 aromatic carbocycles. The van der Waals surface area contributed by atoms with Crippen LogP contribution in [0.15, 0.2) is 18.3 Å². The van der Waals surface area contributed by atoms with Crippen molar-refractivity contribution in [1.82, 2.24) is 15.3 Å². The first-order chi connectivity index (χ1) is 9.33. The lowest BCUT2D eigenvalue weighted by Crippen LogP contribution is -2.60. The third-order valence-corrected chi connectivity index (χ3v) is 4.62. The van der Waals surface area contributed by atoms with Crippen molar-refractivity contribution in [2.45, 2.75) is 57.7 Å². The van der Waals surface area contributed by atoms with Crippen molar-refractivity contribution in [3.05, 3.63) is 18.3 Å². The van der Waals surface area contributed by atoms with Gasteiger partial charge in [0.05, 0.1) is 4.70 Å². The van der Waals surface area contributed by atoms with E-state index in [1.165, 1.54) is 0 Å². The zero-order chi connectivity index (χ0) is 14.4. The standard InChI is InChI=1S/C15H22N4S/c1-14(2)8-10(9-15(3,4)19-14)17-13-18-12-11(20-13)6-5-7-16-12/h5-7,10,19H,8-9H2,1-4H3,(H,16,17,18).